The second-order valence-corrected chi connectivity index (χ2v) is 5.75. The van der Waals surface area contributed by atoms with Gasteiger partial charge in [0.05, 0.1) is 19.8 Å². The third kappa shape index (κ3) is 6.37. The largest absolute Gasteiger partial charge is 0.378 e. The fraction of sp³-hybridized carbons (Fsp3) is 0.867. The van der Waals surface area contributed by atoms with E-state index in [0.29, 0.717) is 32.8 Å². The Morgan fingerprint density at radius 1 is 1.12 bits per heavy atom. The minimum Gasteiger partial charge on any atom is -0.378 e. The molecule has 0 aromatic heterocycles. The average molecular weight is 385 g/mol. The molecule has 2 heterocycles. The van der Waals surface area contributed by atoms with Crippen LogP contribution in [0, 0.1) is 0 Å². The molecule has 2 rings (SSSR count). The number of rotatable bonds is 5. The van der Waals surface area contributed by atoms with E-state index in [1.165, 1.54) is 0 Å². The molecule has 9 heteroatoms. The molecular formula is C15H30Cl2N4O3. The monoisotopic (exact) mass is 384 g/mol. The number of hydrogen-bond donors (Lipinski definition) is 1. The number of carbonyl (C=O) groups excluding carboxylic acids is 2. The van der Waals surface area contributed by atoms with Crippen molar-refractivity contribution in [2.75, 3.05) is 65.6 Å². The van der Waals surface area contributed by atoms with Gasteiger partial charge in [0, 0.05) is 45.8 Å². The highest BCUT2D eigenvalue weighted by Gasteiger charge is 2.29. The Morgan fingerprint density at radius 3 is 2.25 bits per heavy atom. The molecule has 1 unspecified atom stereocenters. The summed E-state index contributed by atoms with van der Waals surface area (Å²) in [5, 5.41) is 3.20. The SMILES string of the molecule is CCN(CC)C(=O)CN1CCN(C(=O)C2COCCN2)CC1.Cl.Cl. The number of halogens is 2. The predicted octanol–water partition coefficient (Wildman–Crippen LogP) is -0.169. The van der Waals surface area contributed by atoms with Crippen LogP contribution in [0.5, 0.6) is 0 Å². The molecule has 0 bridgehead atoms. The van der Waals surface area contributed by atoms with E-state index in [4.69, 9.17) is 4.74 Å². The zero-order valence-electron chi connectivity index (χ0n) is 14.5. The standard InChI is InChI=1S/C15H28N4O3.2ClH/c1-3-18(4-2)14(20)11-17-6-8-19(9-7-17)15(21)13-12-22-10-5-16-13;;/h13,16H,3-12H2,1-2H3;2*1H. The van der Waals surface area contributed by atoms with Crippen LogP contribution in [-0.2, 0) is 14.3 Å². The third-order valence-corrected chi connectivity index (χ3v) is 4.38. The van der Waals surface area contributed by atoms with Crippen molar-refractivity contribution in [2.24, 2.45) is 0 Å². The molecule has 0 aliphatic carbocycles. The lowest BCUT2D eigenvalue weighted by atomic mass is 10.2. The van der Waals surface area contributed by atoms with Crippen LogP contribution in [0.15, 0.2) is 0 Å². The molecule has 2 fully saturated rings. The Labute approximate surface area is 156 Å². The van der Waals surface area contributed by atoms with Crippen LogP contribution in [0.2, 0.25) is 0 Å². The molecule has 142 valence electrons. The molecule has 1 atom stereocenters. The summed E-state index contributed by atoms with van der Waals surface area (Å²) < 4.78 is 5.35. The quantitative estimate of drug-likeness (QED) is 0.712. The summed E-state index contributed by atoms with van der Waals surface area (Å²) >= 11 is 0. The molecule has 0 aromatic carbocycles. The lowest BCUT2D eigenvalue weighted by Crippen LogP contribution is -2.57. The topological polar surface area (TPSA) is 65.1 Å². The van der Waals surface area contributed by atoms with Gasteiger partial charge in [0.15, 0.2) is 0 Å². The van der Waals surface area contributed by atoms with Gasteiger partial charge in [0.25, 0.3) is 0 Å². The number of hydrogen-bond acceptors (Lipinski definition) is 5. The van der Waals surface area contributed by atoms with Crippen molar-refractivity contribution in [3.63, 3.8) is 0 Å². The van der Waals surface area contributed by atoms with Gasteiger partial charge >= 0.3 is 0 Å². The van der Waals surface area contributed by atoms with Crippen molar-refractivity contribution in [3.05, 3.63) is 0 Å². The lowest BCUT2D eigenvalue weighted by Gasteiger charge is -2.37. The summed E-state index contributed by atoms with van der Waals surface area (Å²) in [6.45, 7) is 10.7. The average Bonchev–Trinajstić information content (AvgIpc) is 2.57. The molecule has 0 aromatic rings. The summed E-state index contributed by atoms with van der Waals surface area (Å²) in [6.07, 6.45) is 0. The first-order valence-corrected chi connectivity index (χ1v) is 8.25. The second kappa shape index (κ2) is 11.9. The number of likely N-dealkylation sites (N-methyl/N-ethyl adjacent to an activating group) is 1. The molecule has 2 saturated heterocycles. The van der Waals surface area contributed by atoms with Gasteiger partial charge in [0.1, 0.15) is 6.04 Å². The number of carbonyl (C=O) groups is 2. The zero-order valence-corrected chi connectivity index (χ0v) is 16.2. The number of piperazine rings is 1. The molecule has 1 N–H and O–H groups in total. The molecule has 0 spiro atoms. The highest BCUT2D eigenvalue weighted by Crippen LogP contribution is 2.06. The minimum absolute atomic E-state index is 0. The van der Waals surface area contributed by atoms with Gasteiger partial charge in [-0.15, -0.1) is 24.8 Å². The summed E-state index contributed by atoms with van der Waals surface area (Å²) in [5.74, 6) is 0.293. The maximum atomic E-state index is 12.4. The fourth-order valence-electron chi connectivity index (χ4n) is 2.94. The Kier molecular flexibility index (Phi) is 11.6. The first-order valence-electron chi connectivity index (χ1n) is 8.25. The van der Waals surface area contributed by atoms with Crippen LogP contribution < -0.4 is 5.32 Å². The van der Waals surface area contributed by atoms with Crippen LogP contribution in [0.1, 0.15) is 13.8 Å². The van der Waals surface area contributed by atoms with Gasteiger partial charge in [-0.05, 0) is 13.8 Å². The maximum Gasteiger partial charge on any atom is 0.242 e. The number of nitrogens with zero attached hydrogens (tertiary/aromatic N) is 3. The number of amides is 2. The van der Waals surface area contributed by atoms with Gasteiger partial charge in [-0.1, -0.05) is 0 Å². The van der Waals surface area contributed by atoms with Gasteiger partial charge in [0.2, 0.25) is 11.8 Å². The molecule has 0 saturated carbocycles. The van der Waals surface area contributed by atoms with Crippen LogP contribution in [-0.4, -0.2) is 98.1 Å². The second-order valence-electron chi connectivity index (χ2n) is 5.75. The fourth-order valence-corrected chi connectivity index (χ4v) is 2.94. The van der Waals surface area contributed by atoms with Crippen molar-refractivity contribution in [3.8, 4) is 0 Å². The predicted molar refractivity (Wildman–Crippen MR) is 98.1 cm³/mol. The minimum atomic E-state index is -0.211. The highest BCUT2D eigenvalue weighted by molar-refractivity contribution is 5.85. The molecule has 2 aliphatic rings. The van der Waals surface area contributed by atoms with E-state index in [-0.39, 0.29) is 42.7 Å². The highest BCUT2D eigenvalue weighted by atomic mass is 35.5. The van der Waals surface area contributed by atoms with Gasteiger partial charge in [-0.2, -0.15) is 0 Å². The van der Waals surface area contributed by atoms with Gasteiger partial charge in [-0.25, -0.2) is 0 Å². The van der Waals surface area contributed by atoms with E-state index in [0.717, 1.165) is 32.7 Å². The van der Waals surface area contributed by atoms with E-state index in [2.05, 4.69) is 10.2 Å². The summed E-state index contributed by atoms with van der Waals surface area (Å²) in [5.41, 5.74) is 0. The first-order chi connectivity index (χ1) is 10.7. The molecule has 2 amide bonds. The molecule has 2 aliphatic heterocycles. The van der Waals surface area contributed by atoms with Crippen LogP contribution in [0.3, 0.4) is 0 Å². The third-order valence-electron chi connectivity index (χ3n) is 4.38. The van der Waals surface area contributed by atoms with Crippen molar-refractivity contribution < 1.29 is 14.3 Å². The number of morpholine rings is 1. The van der Waals surface area contributed by atoms with E-state index in [9.17, 15) is 9.59 Å². The number of nitrogens with one attached hydrogen (secondary N) is 1. The van der Waals surface area contributed by atoms with E-state index in [1.807, 2.05) is 23.6 Å². The van der Waals surface area contributed by atoms with Crippen LogP contribution in [0.25, 0.3) is 0 Å². The van der Waals surface area contributed by atoms with Gasteiger partial charge < -0.3 is 19.9 Å². The molecular weight excluding hydrogens is 355 g/mol. The zero-order chi connectivity index (χ0) is 15.9. The first kappa shape index (κ1) is 23.4. The normalized spacial score (nSPS) is 21.4. The summed E-state index contributed by atoms with van der Waals surface area (Å²) in [4.78, 5) is 30.3. The smallest absolute Gasteiger partial charge is 0.242 e. The molecule has 7 nitrogen and oxygen atoms in total. The van der Waals surface area contributed by atoms with E-state index in [1.54, 1.807) is 0 Å². The summed E-state index contributed by atoms with van der Waals surface area (Å²) in [7, 11) is 0. The Balaban J connectivity index is 0.00000264. The van der Waals surface area contributed by atoms with E-state index < -0.39 is 0 Å². The van der Waals surface area contributed by atoms with E-state index >= 15 is 0 Å². The molecule has 0 radical (unpaired) electrons. The Hall–Kier alpha value is -0.600. The van der Waals surface area contributed by atoms with Crippen molar-refractivity contribution in [1.82, 2.24) is 20.0 Å². The van der Waals surface area contributed by atoms with Gasteiger partial charge in [-0.3, -0.25) is 14.5 Å². The molecule has 24 heavy (non-hydrogen) atoms. The van der Waals surface area contributed by atoms with Crippen molar-refractivity contribution in [2.45, 2.75) is 19.9 Å². The Morgan fingerprint density at radius 2 is 1.75 bits per heavy atom. The van der Waals surface area contributed by atoms with Crippen LogP contribution in [0.4, 0.5) is 0 Å². The van der Waals surface area contributed by atoms with Crippen molar-refractivity contribution >= 4 is 36.6 Å². The summed E-state index contributed by atoms with van der Waals surface area (Å²) in [6, 6.07) is -0.211. The van der Waals surface area contributed by atoms with Crippen molar-refractivity contribution in [1.29, 1.82) is 0 Å². The lowest BCUT2D eigenvalue weighted by molar-refractivity contribution is -0.138. The maximum absolute atomic E-state index is 12.4. The Bertz CT molecular complexity index is 383. The number of ether oxygens (including phenoxy) is 1. The van der Waals surface area contributed by atoms with Crippen LogP contribution >= 0.6 is 24.8 Å².